The Morgan fingerprint density at radius 3 is 2.81 bits per heavy atom. The summed E-state index contributed by atoms with van der Waals surface area (Å²) >= 11 is 5.94. The summed E-state index contributed by atoms with van der Waals surface area (Å²) in [6, 6.07) is 7.54. The van der Waals surface area contributed by atoms with E-state index in [1.165, 1.54) is 24.4 Å². The van der Waals surface area contributed by atoms with Gasteiger partial charge in [-0.15, -0.1) is 0 Å². The predicted molar refractivity (Wildman–Crippen MR) is 60.0 cm³/mol. The summed E-state index contributed by atoms with van der Waals surface area (Å²) in [5.74, 6) is -0.349. The molecule has 0 unspecified atom stereocenters. The highest BCUT2D eigenvalue weighted by atomic mass is 35.5. The van der Waals surface area contributed by atoms with E-state index < -0.39 is 0 Å². The molecule has 80 valence electrons. The van der Waals surface area contributed by atoms with Gasteiger partial charge in [0, 0.05) is 11.8 Å². The number of aldehydes is 1. The van der Waals surface area contributed by atoms with E-state index >= 15 is 0 Å². The Morgan fingerprint density at radius 1 is 1.31 bits per heavy atom. The summed E-state index contributed by atoms with van der Waals surface area (Å²) in [5.41, 5.74) is 1.48. The van der Waals surface area contributed by atoms with E-state index in [9.17, 15) is 9.18 Å². The zero-order chi connectivity index (χ0) is 11.5. The third-order valence-corrected chi connectivity index (χ3v) is 2.43. The molecular formula is C12H7ClFNO. The largest absolute Gasteiger partial charge is 0.296 e. The SMILES string of the molecule is O=Cc1cc(-c2cccc(F)c2)c(Cl)cn1. The minimum atomic E-state index is -0.349. The van der Waals surface area contributed by atoms with E-state index in [-0.39, 0.29) is 11.5 Å². The van der Waals surface area contributed by atoms with Gasteiger partial charge in [-0.05, 0) is 23.8 Å². The zero-order valence-corrected chi connectivity index (χ0v) is 8.91. The van der Waals surface area contributed by atoms with Crippen molar-refractivity contribution < 1.29 is 9.18 Å². The molecule has 0 fully saturated rings. The smallest absolute Gasteiger partial charge is 0.168 e. The van der Waals surface area contributed by atoms with Gasteiger partial charge >= 0.3 is 0 Å². The average molecular weight is 236 g/mol. The maximum absolute atomic E-state index is 13.0. The number of aromatic nitrogens is 1. The molecule has 4 heteroatoms. The van der Waals surface area contributed by atoms with Crippen LogP contribution in [0.15, 0.2) is 36.5 Å². The van der Waals surface area contributed by atoms with Gasteiger partial charge in [0.15, 0.2) is 6.29 Å². The lowest BCUT2D eigenvalue weighted by molar-refractivity contribution is 0.111. The Morgan fingerprint density at radius 2 is 2.12 bits per heavy atom. The molecule has 0 saturated heterocycles. The van der Waals surface area contributed by atoms with Crippen molar-refractivity contribution in [2.45, 2.75) is 0 Å². The van der Waals surface area contributed by atoms with E-state index in [1.54, 1.807) is 12.1 Å². The van der Waals surface area contributed by atoms with Crippen molar-refractivity contribution in [2.75, 3.05) is 0 Å². The number of carbonyl (C=O) groups is 1. The maximum Gasteiger partial charge on any atom is 0.168 e. The van der Waals surface area contributed by atoms with Gasteiger partial charge in [0.2, 0.25) is 0 Å². The van der Waals surface area contributed by atoms with Crippen LogP contribution in [0.1, 0.15) is 10.5 Å². The number of hydrogen-bond acceptors (Lipinski definition) is 2. The first kappa shape index (κ1) is 10.8. The van der Waals surface area contributed by atoms with E-state index in [2.05, 4.69) is 4.98 Å². The molecule has 1 aromatic carbocycles. The van der Waals surface area contributed by atoms with Crippen LogP contribution >= 0.6 is 11.6 Å². The second-order valence-electron chi connectivity index (χ2n) is 3.22. The van der Waals surface area contributed by atoms with Gasteiger partial charge in [0.25, 0.3) is 0 Å². The van der Waals surface area contributed by atoms with Crippen LogP contribution in [0.4, 0.5) is 4.39 Å². The Labute approximate surface area is 96.7 Å². The van der Waals surface area contributed by atoms with Crippen LogP contribution in [-0.4, -0.2) is 11.3 Å². The van der Waals surface area contributed by atoms with E-state index in [1.807, 2.05) is 0 Å². The molecule has 0 bridgehead atoms. The minimum Gasteiger partial charge on any atom is -0.296 e. The summed E-state index contributed by atoms with van der Waals surface area (Å²) in [7, 11) is 0. The maximum atomic E-state index is 13.0. The third-order valence-electron chi connectivity index (χ3n) is 2.13. The lowest BCUT2D eigenvalue weighted by atomic mass is 10.1. The lowest BCUT2D eigenvalue weighted by Gasteiger charge is -2.04. The van der Waals surface area contributed by atoms with Crippen molar-refractivity contribution in [3.63, 3.8) is 0 Å². The first-order valence-electron chi connectivity index (χ1n) is 4.57. The molecule has 0 spiro atoms. The van der Waals surface area contributed by atoms with Gasteiger partial charge in [-0.1, -0.05) is 23.7 Å². The van der Waals surface area contributed by atoms with Crippen LogP contribution in [-0.2, 0) is 0 Å². The highest BCUT2D eigenvalue weighted by Crippen LogP contribution is 2.27. The molecule has 0 N–H and O–H groups in total. The fourth-order valence-electron chi connectivity index (χ4n) is 1.40. The fraction of sp³-hybridized carbons (Fsp3) is 0. The van der Waals surface area contributed by atoms with E-state index in [0.29, 0.717) is 22.4 Å². The average Bonchev–Trinajstić information content (AvgIpc) is 2.30. The molecule has 0 saturated carbocycles. The number of halogens is 2. The van der Waals surface area contributed by atoms with Gasteiger partial charge in [-0.2, -0.15) is 0 Å². The van der Waals surface area contributed by atoms with Crippen molar-refractivity contribution in [3.8, 4) is 11.1 Å². The summed E-state index contributed by atoms with van der Waals surface area (Å²) in [4.78, 5) is 14.4. The molecule has 1 heterocycles. The first-order chi connectivity index (χ1) is 7.70. The standard InChI is InChI=1S/C12H7ClFNO/c13-12-6-15-10(7-16)5-11(12)8-2-1-3-9(14)4-8/h1-7H. The van der Waals surface area contributed by atoms with E-state index in [4.69, 9.17) is 11.6 Å². The van der Waals surface area contributed by atoms with Crippen molar-refractivity contribution in [2.24, 2.45) is 0 Å². The normalized spacial score (nSPS) is 10.1. The van der Waals surface area contributed by atoms with Gasteiger partial charge < -0.3 is 0 Å². The monoisotopic (exact) mass is 235 g/mol. The molecule has 2 nitrogen and oxygen atoms in total. The topological polar surface area (TPSA) is 30.0 Å². The molecule has 2 rings (SSSR count). The number of nitrogens with zero attached hydrogens (tertiary/aromatic N) is 1. The van der Waals surface area contributed by atoms with Gasteiger partial charge in [-0.3, -0.25) is 9.78 Å². The Hall–Kier alpha value is -1.74. The lowest BCUT2D eigenvalue weighted by Crippen LogP contribution is -1.89. The minimum absolute atomic E-state index is 0.267. The molecular weight excluding hydrogens is 229 g/mol. The Kier molecular flexibility index (Phi) is 2.97. The van der Waals surface area contributed by atoms with Crippen LogP contribution in [0.3, 0.4) is 0 Å². The molecule has 0 aliphatic heterocycles. The van der Waals surface area contributed by atoms with Crippen molar-refractivity contribution in [3.05, 3.63) is 53.1 Å². The molecule has 0 amide bonds. The van der Waals surface area contributed by atoms with Gasteiger partial charge in [0.05, 0.1) is 5.02 Å². The summed E-state index contributed by atoms with van der Waals surface area (Å²) in [5, 5.41) is 0.385. The summed E-state index contributed by atoms with van der Waals surface area (Å²) in [6.45, 7) is 0. The van der Waals surface area contributed by atoms with Crippen LogP contribution in [0.2, 0.25) is 5.02 Å². The van der Waals surface area contributed by atoms with Crippen LogP contribution in [0.25, 0.3) is 11.1 Å². The first-order valence-corrected chi connectivity index (χ1v) is 4.95. The molecule has 0 radical (unpaired) electrons. The highest BCUT2D eigenvalue weighted by Gasteiger charge is 2.06. The second-order valence-corrected chi connectivity index (χ2v) is 3.62. The Balaban J connectivity index is 2.58. The van der Waals surface area contributed by atoms with Gasteiger partial charge in [0.1, 0.15) is 11.5 Å². The number of carbonyl (C=O) groups excluding carboxylic acids is 1. The number of hydrogen-bond donors (Lipinski definition) is 0. The van der Waals surface area contributed by atoms with Crippen LogP contribution < -0.4 is 0 Å². The zero-order valence-electron chi connectivity index (χ0n) is 8.15. The fourth-order valence-corrected chi connectivity index (χ4v) is 1.61. The predicted octanol–water partition coefficient (Wildman–Crippen LogP) is 3.35. The van der Waals surface area contributed by atoms with Gasteiger partial charge in [-0.25, -0.2) is 4.39 Å². The molecule has 0 aliphatic rings. The summed E-state index contributed by atoms with van der Waals surface area (Å²) < 4.78 is 13.0. The molecule has 1 aromatic heterocycles. The molecule has 0 atom stereocenters. The Bertz CT molecular complexity index is 542. The van der Waals surface area contributed by atoms with E-state index in [0.717, 1.165) is 0 Å². The van der Waals surface area contributed by atoms with Crippen molar-refractivity contribution >= 4 is 17.9 Å². The molecule has 0 aliphatic carbocycles. The molecule has 2 aromatic rings. The number of pyridine rings is 1. The van der Waals surface area contributed by atoms with Crippen molar-refractivity contribution in [1.82, 2.24) is 4.98 Å². The second kappa shape index (κ2) is 4.41. The quantitative estimate of drug-likeness (QED) is 0.747. The number of benzene rings is 1. The van der Waals surface area contributed by atoms with Crippen LogP contribution in [0, 0.1) is 5.82 Å². The van der Waals surface area contributed by atoms with Crippen LogP contribution in [0.5, 0.6) is 0 Å². The number of rotatable bonds is 2. The summed E-state index contributed by atoms with van der Waals surface area (Å²) in [6.07, 6.45) is 2.00. The molecule has 16 heavy (non-hydrogen) atoms. The highest BCUT2D eigenvalue weighted by molar-refractivity contribution is 6.33. The van der Waals surface area contributed by atoms with Crippen molar-refractivity contribution in [1.29, 1.82) is 0 Å². The third kappa shape index (κ3) is 2.09.